The van der Waals surface area contributed by atoms with Gasteiger partial charge < -0.3 is 9.94 Å². The molecule has 0 saturated heterocycles. The van der Waals surface area contributed by atoms with Gasteiger partial charge in [-0.1, -0.05) is 0 Å². The zero-order valence-electron chi connectivity index (χ0n) is 7.80. The van der Waals surface area contributed by atoms with Crippen LogP contribution in [0, 0.1) is 0 Å². The van der Waals surface area contributed by atoms with E-state index in [1.807, 2.05) is 13.2 Å². The fourth-order valence-corrected chi connectivity index (χ4v) is 1.61. The average molecular weight is 197 g/mol. The monoisotopic (exact) mass is 197 g/mol. The molecule has 1 N–H and O–H groups in total. The standard InChI is InChI=1S/C8H11N3O3/c1-10-4-6-2-3-11(14-8(12)13)5-7(6)9-10/h4H,2-3,5H2,1H3,(H,12,13). The predicted octanol–water partition coefficient (Wildman–Crippen LogP) is 0.388. The van der Waals surface area contributed by atoms with Gasteiger partial charge in [-0.05, 0) is 12.0 Å². The Balaban J connectivity index is 2.09. The Kier molecular flexibility index (Phi) is 2.12. The maximum atomic E-state index is 10.3. The molecule has 0 saturated carbocycles. The van der Waals surface area contributed by atoms with Crippen LogP contribution in [-0.4, -0.2) is 32.7 Å². The summed E-state index contributed by atoms with van der Waals surface area (Å²) in [6, 6.07) is 0. The van der Waals surface area contributed by atoms with E-state index < -0.39 is 6.16 Å². The molecular formula is C8H11N3O3. The van der Waals surface area contributed by atoms with Crippen LogP contribution in [0.2, 0.25) is 0 Å². The van der Waals surface area contributed by atoms with Gasteiger partial charge in [-0.15, -0.1) is 5.06 Å². The summed E-state index contributed by atoms with van der Waals surface area (Å²) in [6.45, 7) is 1.02. The predicted molar refractivity (Wildman–Crippen MR) is 46.4 cm³/mol. The van der Waals surface area contributed by atoms with Crippen LogP contribution in [0.15, 0.2) is 6.20 Å². The van der Waals surface area contributed by atoms with E-state index in [4.69, 9.17) is 5.11 Å². The van der Waals surface area contributed by atoms with Crippen LogP contribution in [-0.2, 0) is 24.9 Å². The molecule has 1 aliphatic rings. The Morgan fingerprint density at radius 2 is 2.50 bits per heavy atom. The summed E-state index contributed by atoms with van der Waals surface area (Å²) >= 11 is 0. The van der Waals surface area contributed by atoms with Crippen molar-refractivity contribution in [3.05, 3.63) is 17.5 Å². The zero-order chi connectivity index (χ0) is 10.1. The van der Waals surface area contributed by atoms with Gasteiger partial charge in [-0.25, -0.2) is 4.79 Å². The van der Waals surface area contributed by atoms with Gasteiger partial charge in [0, 0.05) is 19.8 Å². The summed E-state index contributed by atoms with van der Waals surface area (Å²) in [5, 5.41) is 14.0. The van der Waals surface area contributed by atoms with Crippen molar-refractivity contribution in [2.75, 3.05) is 6.54 Å². The van der Waals surface area contributed by atoms with E-state index in [0.717, 1.165) is 17.7 Å². The molecule has 0 spiro atoms. The third kappa shape index (κ3) is 1.69. The molecule has 0 aromatic carbocycles. The molecule has 0 bridgehead atoms. The summed E-state index contributed by atoms with van der Waals surface area (Å²) in [4.78, 5) is 14.9. The van der Waals surface area contributed by atoms with E-state index in [-0.39, 0.29) is 0 Å². The first-order chi connectivity index (χ1) is 6.65. The van der Waals surface area contributed by atoms with Crippen LogP contribution >= 0.6 is 0 Å². The molecule has 1 aromatic rings. The first-order valence-corrected chi connectivity index (χ1v) is 4.32. The van der Waals surface area contributed by atoms with E-state index >= 15 is 0 Å². The van der Waals surface area contributed by atoms with Crippen LogP contribution < -0.4 is 0 Å². The number of hydrogen-bond donors (Lipinski definition) is 1. The minimum atomic E-state index is -1.27. The smallest absolute Gasteiger partial charge is 0.448 e. The highest BCUT2D eigenvalue weighted by atomic mass is 16.8. The second-order valence-corrected chi connectivity index (χ2v) is 3.25. The number of hydroxylamine groups is 2. The van der Waals surface area contributed by atoms with Gasteiger partial charge >= 0.3 is 6.16 Å². The highest BCUT2D eigenvalue weighted by Gasteiger charge is 2.21. The molecule has 0 radical (unpaired) electrons. The van der Waals surface area contributed by atoms with Gasteiger partial charge in [0.2, 0.25) is 0 Å². The molecule has 2 rings (SSSR count). The van der Waals surface area contributed by atoms with E-state index in [0.29, 0.717) is 13.1 Å². The maximum absolute atomic E-state index is 10.3. The van der Waals surface area contributed by atoms with E-state index in [1.165, 1.54) is 5.06 Å². The Bertz CT molecular complexity index is 361. The van der Waals surface area contributed by atoms with Crippen LogP contribution in [0.3, 0.4) is 0 Å². The Labute approximate surface area is 80.6 Å². The SMILES string of the molecule is Cn1cc2c(n1)CN(OC(=O)O)CC2. The van der Waals surface area contributed by atoms with Crippen molar-refractivity contribution in [2.45, 2.75) is 13.0 Å². The third-order valence-electron chi connectivity index (χ3n) is 2.16. The molecule has 6 nitrogen and oxygen atoms in total. The van der Waals surface area contributed by atoms with Crippen molar-refractivity contribution in [3.8, 4) is 0 Å². The summed E-state index contributed by atoms with van der Waals surface area (Å²) in [7, 11) is 1.85. The van der Waals surface area contributed by atoms with Crippen molar-refractivity contribution < 1.29 is 14.7 Å². The lowest BCUT2D eigenvalue weighted by molar-refractivity contribution is -0.130. The highest BCUT2D eigenvalue weighted by Crippen LogP contribution is 2.16. The summed E-state index contributed by atoms with van der Waals surface area (Å²) in [6.07, 6.45) is 1.45. The minimum Gasteiger partial charge on any atom is -0.448 e. The lowest BCUT2D eigenvalue weighted by atomic mass is 10.1. The summed E-state index contributed by atoms with van der Waals surface area (Å²) in [5.74, 6) is 0. The second-order valence-electron chi connectivity index (χ2n) is 3.25. The van der Waals surface area contributed by atoms with Gasteiger partial charge in [0.15, 0.2) is 0 Å². The van der Waals surface area contributed by atoms with Gasteiger partial charge in [-0.3, -0.25) is 4.68 Å². The molecule has 76 valence electrons. The second kappa shape index (κ2) is 3.30. The minimum absolute atomic E-state index is 0.433. The molecule has 1 aliphatic heterocycles. The topological polar surface area (TPSA) is 67.6 Å². The molecule has 0 fully saturated rings. The zero-order valence-corrected chi connectivity index (χ0v) is 7.80. The number of aromatic nitrogens is 2. The Morgan fingerprint density at radius 1 is 1.71 bits per heavy atom. The van der Waals surface area contributed by atoms with Gasteiger partial charge in [0.1, 0.15) is 0 Å². The van der Waals surface area contributed by atoms with Crippen molar-refractivity contribution in [3.63, 3.8) is 0 Å². The number of fused-ring (bicyclic) bond motifs is 1. The quantitative estimate of drug-likeness (QED) is 0.705. The van der Waals surface area contributed by atoms with Crippen LogP contribution in [0.1, 0.15) is 11.3 Å². The lowest BCUT2D eigenvalue weighted by Crippen LogP contribution is -2.32. The molecule has 0 unspecified atom stereocenters. The normalized spacial score (nSPS) is 16.4. The molecular weight excluding hydrogens is 186 g/mol. The van der Waals surface area contributed by atoms with Crippen molar-refractivity contribution in [1.29, 1.82) is 0 Å². The molecule has 2 heterocycles. The van der Waals surface area contributed by atoms with Gasteiger partial charge in [-0.2, -0.15) is 5.10 Å². The first kappa shape index (κ1) is 9.01. The Morgan fingerprint density at radius 3 is 3.21 bits per heavy atom. The molecule has 0 atom stereocenters. The maximum Gasteiger partial charge on any atom is 0.525 e. The lowest BCUT2D eigenvalue weighted by Gasteiger charge is -2.22. The molecule has 1 aromatic heterocycles. The number of aryl methyl sites for hydroxylation is 1. The highest BCUT2D eigenvalue weighted by molar-refractivity contribution is 5.56. The summed E-state index contributed by atoms with van der Waals surface area (Å²) < 4.78 is 1.73. The van der Waals surface area contributed by atoms with Crippen molar-refractivity contribution in [2.24, 2.45) is 7.05 Å². The largest absolute Gasteiger partial charge is 0.525 e. The Hall–Kier alpha value is -1.56. The number of nitrogens with zero attached hydrogens (tertiary/aromatic N) is 3. The van der Waals surface area contributed by atoms with Crippen LogP contribution in [0.5, 0.6) is 0 Å². The third-order valence-corrected chi connectivity index (χ3v) is 2.16. The van der Waals surface area contributed by atoms with E-state index in [1.54, 1.807) is 4.68 Å². The number of hydrogen-bond acceptors (Lipinski definition) is 4. The molecule has 0 aliphatic carbocycles. The van der Waals surface area contributed by atoms with E-state index in [2.05, 4.69) is 9.94 Å². The number of carboxylic acid groups (broad SMARTS) is 1. The molecule has 0 amide bonds. The number of carbonyl (C=O) groups is 1. The van der Waals surface area contributed by atoms with Crippen molar-refractivity contribution >= 4 is 6.16 Å². The van der Waals surface area contributed by atoms with Crippen molar-refractivity contribution in [1.82, 2.24) is 14.8 Å². The molecule has 6 heteroatoms. The fourth-order valence-electron chi connectivity index (χ4n) is 1.61. The fraction of sp³-hybridized carbons (Fsp3) is 0.500. The molecule has 14 heavy (non-hydrogen) atoms. The number of rotatable bonds is 1. The summed E-state index contributed by atoms with van der Waals surface area (Å²) in [5.41, 5.74) is 2.05. The van der Waals surface area contributed by atoms with Crippen LogP contribution in [0.4, 0.5) is 4.79 Å². The van der Waals surface area contributed by atoms with Gasteiger partial charge in [0.25, 0.3) is 0 Å². The van der Waals surface area contributed by atoms with Gasteiger partial charge in [0.05, 0.1) is 12.2 Å². The first-order valence-electron chi connectivity index (χ1n) is 4.32. The van der Waals surface area contributed by atoms with E-state index in [9.17, 15) is 4.79 Å². The van der Waals surface area contributed by atoms with Crippen LogP contribution in [0.25, 0.3) is 0 Å². The average Bonchev–Trinajstić information content (AvgIpc) is 2.42.